The van der Waals surface area contributed by atoms with Gasteiger partial charge in [-0.3, -0.25) is 4.79 Å². The monoisotopic (exact) mass is 172 g/mol. The van der Waals surface area contributed by atoms with Crippen molar-refractivity contribution >= 4 is 5.91 Å². The lowest BCUT2D eigenvalue weighted by molar-refractivity contribution is -0.122. The lowest BCUT2D eigenvalue weighted by Gasteiger charge is -2.22. The number of primary amides is 1. The minimum atomic E-state index is -0.397. The topological polar surface area (TPSA) is 64.4 Å². The van der Waals surface area contributed by atoms with Crippen LogP contribution in [0, 0.1) is 0 Å². The molecule has 1 fully saturated rings. The number of nitrogens with two attached hydrogens (primary N) is 1. The van der Waals surface area contributed by atoms with E-state index in [9.17, 15) is 4.79 Å². The number of piperidine rings is 1. The van der Waals surface area contributed by atoms with Crippen LogP contribution < -0.4 is 11.1 Å². The zero-order valence-electron chi connectivity index (χ0n) is 7.21. The first-order valence-corrected chi connectivity index (χ1v) is 4.38. The summed E-state index contributed by atoms with van der Waals surface area (Å²) in [5.74, 6) is -0.397. The highest BCUT2D eigenvalue weighted by molar-refractivity contribution is 5.74. The van der Waals surface area contributed by atoms with Gasteiger partial charge in [0.2, 0.25) is 5.91 Å². The number of carbonyl (C=O) groups is 1. The van der Waals surface area contributed by atoms with E-state index in [0.29, 0.717) is 12.6 Å². The summed E-state index contributed by atoms with van der Waals surface area (Å²) in [5.41, 5.74) is 4.92. The molecule has 4 nitrogen and oxygen atoms in total. The molecule has 0 aromatic carbocycles. The number of rotatable bonds is 4. The van der Waals surface area contributed by atoms with Crippen molar-refractivity contribution in [2.75, 3.05) is 19.8 Å². The van der Waals surface area contributed by atoms with Crippen molar-refractivity contribution in [1.29, 1.82) is 0 Å². The van der Waals surface area contributed by atoms with Crippen molar-refractivity contribution in [2.24, 2.45) is 5.73 Å². The first-order valence-electron chi connectivity index (χ1n) is 4.38. The summed E-state index contributed by atoms with van der Waals surface area (Å²) in [6.07, 6.45) is 3.63. The Hall–Kier alpha value is -0.610. The van der Waals surface area contributed by atoms with Gasteiger partial charge < -0.3 is 15.8 Å². The quantitative estimate of drug-likeness (QED) is 0.608. The van der Waals surface area contributed by atoms with Gasteiger partial charge in [-0.1, -0.05) is 6.42 Å². The maximum atomic E-state index is 10.3. The molecular formula is C8H16N2O2. The molecule has 0 bridgehead atoms. The average Bonchev–Trinajstić information content (AvgIpc) is 2.05. The van der Waals surface area contributed by atoms with Gasteiger partial charge in [0.25, 0.3) is 0 Å². The van der Waals surface area contributed by atoms with E-state index in [1.54, 1.807) is 0 Å². The second kappa shape index (κ2) is 5.11. The molecule has 1 unspecified atom stereocenters. The van der Waals surface area contributed by atoms with Gasteiger partial charge in [-0.25, -0.2) is 0 Å². The van der Waals surface area contributed by atoms with Crippen molar-refractivity contribution < 1.29 is 9.53 Å². The molecule has 0 aromatic rings. The van der Waals surface area contributed by atoms with E-state index in [-0.39, 0.29) is 6.61 Å². The predicted octanol–water partition coefficient (Wildman–Crippen LogP) is -0.370. The lowest BCUT2D eigenvalue weighted by atomic mass is 10.1. The fourth-order valence-electron chi connectivity index (χ4n) is 1.37. The molecule has 12 heavy (non-hydrogen) atoms. The fourth-order valence-corrected chi connectivity index (χ4v) is 1.37. The smallest absolute Gasteiger partial charge is 0.243 e. The zero-order valence-corrected chi connectivity index (χ0v) is 7.21. The van der Waals surface area contributed by atoms with Crippen LogP contribution >= 0.6 is 0 Å². The Kier molecular flexibility index (Phi) is 4.04. The Morgan fingerprint density at radius 3 is 3.00 bits per heavy atom. The van der Waals surface area contributed by atoms with Crippen molar-refractivity contribution in [2.45, 2.75) is 25.3 Å². The normalized spacial score (nSPS) is 23.8. The second-order valence-corrected chi connectivity index (χ2v) is 3.13. The third-order valence-corrected chi connectivity index (χ3v) is 1.98. The summed E-state index contributed by atoms with van der Waals surface area (Å²) in [6, 6.07) is 0.415. The summed E-state index contributed by atoms with van der Waals surface area (Å²) in [5, 5.41) is 3.32. The number of hydrogen-bond acceptors (Lipinski definition) is 3. The third kappa shape index (κ3) is 3.69. The van der Waals surface area contributed by atoms with Gasteiger partial charge in [0.1, 0.15) is 6.61 Å². The standard InChI is InChI=1S/C8H16N2O2/c9-8(11)6-12-5-7-3-1-2-4-10-7/h7,10H,1-6H2,(H2,9,11). The van der Waals surface area contributed by atoms with Gasteiger partial charge >= 0.3 is 0 Å². The Bertz CT molecular complexity index is 144. The molecule has 70 valence electrons. The van der Waals surface area contributed by atoms with Crippen LogP contribution in [0.2, 0.25) is 0 Å². The van der Waals surface area contributed by atoms with E-state index in [1.165, 1.54) is 12.8 Å². The second-order valence-electron chi connectivity index (χ2n) is 3.13. The molecule has 3 N–H and O–H groups in total. The summed E-state index contributed by atoms with van der Waals surface area (Å²) in [6.45, 7) is 1.70. The molecule has 1 atom stereocenters. The summed E-state index contributed by atoms with van der Waals surface area (Å²) in [7, 11) is 0. The van der Waals surface area contributed by atoms with E-state index >= 15 is 0 Å². The van der Waals surface area contributed by atoms with E-state index in [2.05, 4.69) is 5.32 Å². The minimum absolute atomic E-state index is 0.0399. The Labute approximate surface area is 72.5 Å². The Morgan fingerprint density at radius 1 is 1.58 bits per heavy atom. The summed E-state index contributed by atoms with van der Waals surface area (Å²) >= 11 is 0. The van der Waals surface area contributed by atoms with Crippen LogP contribution in [0.5, 0.6) is 0 Å². The van der Waals surface area contributed by atoms with Crippen molar-refractivity contribution in [3.05, 3.63) is 0 Å². The molecule has 0 aromatic heterocycles. The van der Waals surface area contributed by atoms with Gasteiger partial charge in [0.05, 0.1) is 6.61 Å². The van der Waals surface area contributed by atoms with Crippen LogP contribution in [0.1, 0.15) is 19.3 Å². The SMILES string of the molecule is NC(=O)COCC1CCCCN1. The molecule has 1 rings (SSSR count). The zero-order chi connectivity index (χ0) is 8.81. The highest BCUT2D eigenvalue weighted by Gasteiger charge is 2.12. The average molecular weight is 172 g/mol. The highest BCUT2D eigenvalue weighted by Crippen LogP contribution is 2.06. The lowest BCUT2D eigenvalue weighted by Crippen LogP contribution is -2.38. The number of amides is 1. The Balaban J connectivity index is 2.01. The van der Waals surface area contributed by atoms with Crippen molar-refractivity contribution in [3.8, 4) is 0 Å². The van der Waals surface area contributed by atoms with Crippen LogP contribution in [0.3, 0.4) is 0 Å². The van der Waals surface area contributed by atoms with Gasteiger partial charge in [-0.15, -0.1) is 0 Å². The van der Waals surface area contributed by atoms with Crippen LogP contribution in [-0.4, -0.2) is 31.7 Å². The molecule has 1 aliphatic rings. The Morgan fingerprint density at radius 2 is 2.42 bits per heavy atom. The summed E-state index contributed by atoms with van der Waals surface area (Å²) in [4.78, 5) is 10.3. The van der Waals surface area contributed by atoms with E-state index in [1.807, 2.05) is 0 Å². The van der Waals surface area contributed by atoms with Crippen LogP contribution in [0.4, 0.5) is 0 Å². The van der Waals surface area contributed by atoms with E-state index in [4.69, 9.17) is 10.5 Å². The minimum Gasteiger partial charge on any atom is -0.370 e. The van der Waals surface area contributed by atoms with Gasteiger partial charge in [0, 0.05) is 6.04 Å². The van der Waals surface area contributed by atoms with Crippen molar-refractivity contribution in [1.82, 2.24) is 5.32 Å². The third-order valence-electron chi connectivity index (χ3n) is 1.98. The predicted molar refractivity (Wildman–Crippen MR) is 45.7 cm³/mol. The molecule has 4 heteroatoms. The molecule has 1 saturated heterocycles. The summed E-state index contributed by atoms with van der Waals surface area (Å²) < 4.78 is 5.10. The molecule has 0 spiro atoms. The van der Waals surface area contributed by atoms with Gasteiger partial charge in [-0.05, 0) is 19.4 Å². The van der Waals surface area contributed by atoms with Crippen LogP contribution in [0.25, 0.3) is 0 Å². The van der Waals surface area contributed by atoms with Crippen molar-refractivity contribution in [3.63, 3.8) is 0 Å². The first-order chi connectivity index (χ1) is 5.79. The maximum absolute atomic E-state index is 10.3. The number of hydrogen-bond donors (Lipinski definition) is 2. The first kappa shape index (κ1) is 9.48. The van der Waals surface area contributed by atoms with Crippen LogP contribution in [-0.2, 0) is 9.53 Å². The molecule has 1 amide bonds. The molecular weight excluding hydrogens is 156 g/mol. The molecule has 0 saturated carbocycles. The fraction of sp³-hybridized carbons (Fsp3) is 0.875. The maximum Gasteiger partial charge on any atom is 0.243 e. The highest BCUT2D eigenvalue weighted by atomic mass is 16.5. The molecule has 0 aliphatic carbocycles. The van der Waals surface area contributed by atoms with Crippen LogP contribution in [0.15, 0.2) is 0 Å². The van der Waals surface area contributed by atoms with Gasteiger partial charge in [-0.2, -0.15) is 0 Å². The number of ether oxygens (including phenoxy) is 1. The largest absolute Gasteiger partial charge is 0.370 e. The van der Waals surface area contributed by atoms with Gasteiger partial charge in [0.15, 0.2) is 0 Å². The number of carbonyl (C=O) groups excluding carboxylic acids is 1. The van der Waals surface area contributed by atoms with E-state index < -0.39 is 5.91 Å². The van der Waals surface area contributed by atoms with E-state index in [0.717, 1.165) is 13.0 Å². The molecule has 0 radical (unpaired) electrons. The molecule has 1 heterocycles. The molecule has 1 aliphatic heterocycles. The number of nitrogens with one attached hydrogen (secondary N) is 1.